The summed E-state index contributed by atoms with van der Waals surface area (Å²) in [6.07, 6.45) is 0. The summed E-state index contributed by atoms with van der Waals surface area (Å²) in [4.78, 5) is 46.8. The fraction of sp³-hybridized carbons (Fsp3) is 0.143. The van der Waals surface area contributed by atoms with Crippen molar-refractivity contribution < 1.29 is 34.1 Å². The number of nitrogens with zero attached hydrogens (tertiary/aromatic N) is 2. The van der Waals surface area contributed by atoms with Crippen LogP contribution in [0.2, 0.25) is 0 Å². The van der Waals surface area contributed by atoms with Crippen LogP contribution in [0.15, 0.2) is 66.2 Å². The number of rotatable bonds is 6. The number of aromatic amines is 1. The predicted octanol–water partition coefficient (Wildman–Crippen LogP) is 4.21. The van der Waals surface area contributed by atoms with E-state index in [1.54, 1.807) is 49.4 Å². The molecule has 2 heterocycles. The fourth-order valence-electron chi connectivity index (χ4n) is 4.58. The van der Waals surface area contributed by atoms with E-state index in [0.29, 0.717) is 33.7 Å². The molecule has 1 aliphatic rings. The number of hydrogen-bond donors (Lipinski definition) is 3. The number of aliphatic hydroxyl groups excluding tert-OH is 1. The lowest BCUT2D eigenvalue weighted by atomic mass is 9.95. The number of imidazole rings is 1. The quantitative estimate of drug-likeness (QED) is 0.198. The van der Waals surface area contributed by atoms with E-state index in [4.69, 9.17) is 9.47 Å². The van der Waals surface area contributed by atoms with Gasteiger partial charge in [0.25, 0.3) is 5.78 Å². The molecule has 1 fully saturated rings. The number of anilines is 1. The van der Waals surface area contributed by atoms with Gasteiger partial charge in [-0.05, 0) is 66.6 Å². The highest BCUT2D eigenvalue weighted by molar-refractivity contribution is 6.51. The van der Waals surface area contributed by atoms with Crippen LogP contribution in [-0.4, -0.2) is 52.1 Å². The summed E-state index contributed by atoms with van der Waals surface area (Å²) < 4.78 is 10.5. The number of benzene rings is 3. The van der Waals surface area contributed by atoms with Crippen LogP contribution in [0.4, 0.5) is 5.95 Å². The van der Waals surface area contributed by atoms with Crippen LogP contribution in [0.3, 0.4) is 0 Å². The summed E-state index contributed by atoms with van der Waals surface area (Å²) in [5.41, 5.74) is 2.32. The number of H-pyrrole nitrogens is 1. The van der Waals surface area contributed by atoms with Gasteiger partial charge < -0.3 is 24.7 Å². The number of fused-ring (bicyclic) bond motifs is 1. The second-order valence-electron chi connectivity index (χ2n) is 8.72. The number of Topliss-reactive ketones (excluding diaryl/α,β-unsaturated/α-hetero) is 1. The number of methoxy groups -OCH3 is 2. The average molecular weight is 514 g/mol. The van der Waals surface area contributed by atoms with Gasteiger partial charge in [0.05, 0.1) is 42.4 Å². The summed E-state index contributed by atoms with van der Waals surface area (Å²) in [6, 6.07) is 15.0. The zero-order valence-electron chi connectivity index (χ0n) is 20.7. The monoisotopic (exact) mass is 513 g/mol. The largest absolute Gasteiger partial charge is 0.507 e. The Morgan fingerprint density at radius 2 is 1.66 bits per heavy atom. The van der Waals surface area contributed by atoms with Crippen molar-refractivity contribution in [1.29, 1.82) is 0 Å². The second-order valence-corrected chi connectivity index (χ2v) is 8.72. The van der Waals surface area contributed by atoms with Gasteiger partial charge in [0, 0.05) is 5.56 Å². The molecule has 0 saturated carbocycles. The molecule has 0 bridgehead atoms. The maximum atomic E-state index is 13.4. The van der Waals surface area contributed by atoms with Crippen LogP contribution in [0, 0.1) is 6.92 Å². The van der Waals surface area contributed by atoms with E-state index in [9.17, 15) is 24.6 Å². The Morgan fingerprint density at radius 3 is 2.29 bits per heavy atom. The van der Waals surface area contributed by atoms with Gasteiger partial charge in [-0.2, -0.15) is 0 Å². The number of nitrogens with one attached hydrogen (secondary N) is 1. The first kappa shape index (κ1) is 24.6. The lowest BCUT2D eigenvalue weighted by molar-refractivity contribution is -0.132. The molecule has 1 amide bonds. The van der Waals surface area contributed by atoms with Crippen molar-refractivity contribution in [3.05, 3.63) is 88.5 Å². The molecule has 0 spiro atoms. The Bertz CT molecular complexity index is 1640. The summed E-state index contributed by atoms with van der Waals surface area (Å²) in [7, 11) is 3.05. The van der Waals surface area contributed by atoms with E-state index in [1.807, 2.05) is 0 Å². The molecule has 1 saturated heterocycles. The molecular formula is C28H23N3O7. The highest BCUT2D eigenvalue weighted by Crippen LogP contribution is 2.42. The predicted molar refractivity (Wildman–Crippen MR) is 139 cm³/mol. The minimum Gasteiger partial charge on any atom is -0.507 e. The summed E-state index contributed by atoms with van der Waals surface area (Å²) in [6.45, 7) is 1.80. The number of aromatic nitrogens is 2. The van der Waals surface area contributed by atoms with Gasteiger partial charge in [-0.3, -0.25) is 14.5 Å². The highest BCUT2D eigenvalue weighted by atomic mass is 16.5. The van der Waals surface area contributed by atoms with Gasteiger partial charge in [-0.1, -0.05) is 12.1 Å². The maximum absolute atomic E-state index is 13.4. The molecule has 4 aromatic rings. The number of ether oxygens (including phenoxy) is 2. The molecule has 0 aliphatic carbocycles. The molecule has 38 heavy (non-hydrogen) atoms. The number of carboxylic acid groups (broad SMARTS) is 1. The van der Waals surface area contributed by atoms with Crippen molar-refractivity contribution in [1.82, 2.24) is 9.97 Å². The fourth-order valence-corrected chi connectivity index (χ4v) is 4.58. The molecule has 5 rings (SSSR count). The molecule has 1 aromatic heterocycles. The molecule has 1 atom stereocenters. The van der Waals surface area contributed by atoms with E-state index in [-0.39, 0.29) is 22.8 Å². The number of aromatic carboxylic acids is 1. The smallest absolute Gasteiger partial charge is 0.335 e. The molecule has 3 N–H and O–H groups in total. The van der Waals surface area contributed by atoms with Gasteiger partial charge in [0.1, 0.15) is 17.3 Å². The van der Waals surface area contributed by atoms with Gasteiger partial charge >= 0.3 is 11.9 Å². The van der Waals surface area contributed by atoms with E-state index in [1.165, 1.54) is 37.3 Å². The molecule has 192 valence electrons. The Balaban J connectivity index is 1.70. The lowest BCUT2D eigenvalue weighted by Gasteiger charge is -2.23. The highest BCUT2D eigenvalue weighted by Gasteiger charge is 2.48. The van der Waals surface area contributed by atoms with E-state index < -0.39 is 23.7 Å². The third-order valence-electron chi connectivity index (χ3n) is 6.49. The third kappa shape index (κ3) is 4.01. The van der Waals surface area contributed by atoms with Gasteiger partial charge in [-0.15, -0.1) is 0 Å². The molecule has 1 aliphatic heterocycles. The van der Waals surface area contributed by atoms with Crippen LogP contribution in [0.5, 0.6) is 11.5 Å². The van der Waals surface area contributed by atoms with Crippen molar-refractivity contribution in [3.8, 4) is 11.5 Å². The molecule has 10 nitrogen and oxygen atoms in total. The topological polar surface area (TPSA) is 142 Å². The molecule has 10 heteroatoms. The number of carbonyl (C=O) groups is 3. The number of aryl methyl sites for hydroxylation is 1. The van der Waals surface area contributed by atoms with E-state index in [2.05, 4.69) is 9.97 Å². The molecule has 0 radical (unpaired) electrons. The first-order valence-electron chi connectivity index (χ1n) is 11.6. The van der Waals surface area contributed by atoms with Gasteiger partial charge in [0.15, 0.2) is 0 Å². The van der Waals surface area contributed by atoms with E-state index >= 15 is 0 Å². The van der Waals surface area contributed by atoms with Crippen molar-refractivity contribution in [3.63, 3.8) is 0 Å². The van der Waals surface area contributed by atoms with E-state index in [0.717, 1.165) is 5.56 Å². The number of carbonyl (C=O) groups excluding carboxylic acids is 2. The van der Waals surface area contributed by atoms with Crippen LogP contribution < -0.4 is 14.4 Å². The molecule has 1 unspecified atom stereocenters. The maximum Gasteiger partial charge on any atom is 0.335 e. The van der Waals surface area contributed by atoms with Crippen LogP contribution >= 0.6 is 0 Å². The Morgan fingerprint density at radius 1 is 0.947 bits per heavy atom. The third-order valence-corrected chi connectivity index (χ3v) is 6.49. The van der Waals surface area contributed by atoms with Crippen LogP contribution in [-0.2, 0) is 9.59 Å². The number of amides is 1. The van der Waals surface area contributed by atoms with Crippen molar-refractivity contribution >= 4 is 40.4 Å². The standard InChI is InChI=1S/C28H23N3O7/c1-14-12-16(7-11-21(14)38-3)24(32)22-23(15-4-8-18(37-2)9-5-15)31(26(34)25(22)33)28-29-19-10-6-17(27(35)36)13-20(19)30-28/h4-13,23,32H,1-3H3,(H,29,30)(H,35,36)/b24-22+. The lowest BCUT2D eigenvalue weighted by Crippen LogP contribution is -2.30. The van der Waals surface area contributed by atoms with Crippen molar-refractivity contribution in [2.75, 3.05) is 19.1 Å². The minimum atomic E-state index is -1.11. The summed E-state index contributed by atoms with van der Waals surface area (Å²) in [5, 5.41) is 20.7. The Kier molecular flexibility index (Phi) is 6.08. The zero-order chi connectivity index (χ0) is 27.1. The zero-order valence-corrected chi connectivity index (χ0v) is 20.7. The number of carboxylic acids is 1. The van der Waals surface area contributed by atoms with Gasteiger partial charge in [0.2, 0.25) is 5.95 Å². The second kappa shape index (κ2) is 9.40. The first-order chi connectivity index (χ1) is 18.2. The first-order valence-corrected chi connectivity index (χ1v) is 11.6. The average Bonchev–Trinajstić information content (AvgIpc) is 3.45. The molecular weight excluding hydrogens is 490 g/mol. The van der Waals surface area contributed by atoms with Crippen LogP contribution in [0.25, 0.3) is 16.8 Å². The summed E-state index contributed by atoms with van der Waals surface area (Å²) >= 11 is 0. The van der Waals surface area contributed by atoms with Crippen LogP contribution in [0.1, 0.15) is 33.1 Å². The number of ketones is 1. The van der Waals surface area contributed by atoms with Crippen molar-refractivity contribution in [2.24, 2.45) is 0 Å². The summed E-state index contributed by atoms with van der Waals surface area (Å²) in [5.74, 6) is -2.02. The molecule has 3 aromatic carbocycles. The SMILES string of the molecule is COc1ccc(C2/C(=C(\O)c3ccc(OC)c(C)c3)C(=O)C(=O)N2c2nc3ccc(C(=O)O)cc3[nH]2)cc1. The number of aliphatic hydroxyl groups is 1. The van der Waals surface area contributed by atoms with Gasteiger partial charge in [-0.25, -0.2) is 9.78 Å². The normalized spacial score (nSPS) is 16.7. The Hall–Kier alpha value is -5.12. The van der Waals surface area contributed by atoms with Crippen molar-refractivity contribution in [2.45, 2.75) is 13.0 Å². The minimum absolute atomic E-state index is 0.0374. The Labute approximate surface area is 216 Å². The number of hydrogen-bond acceptors (Lipinski definition) is 7.